The van der Waals surface area contributed by atoms with E-state index in [1.165, 1.54) is 24.5 Å². The molecular weight excluding hydrogens is 247 g/mol. The van der Waals surface area contributed by atoms with E-state index < -0.39 is 0 Å². The van der Waals surface area contributed by atoms with Crippen molar-refractivity contribution in [3.05, 3.63) is 48.0 Å². The molecule has 6 nitrogen and oxygen atoms in total. The van der Waals surface area contributed by atoms with Gasteiger partial charge in [0.15, 0.2) is 12.6 Å². The Labute approximate surface area is 109 Å². The van der Waals surface area contributed by atoms with E-state index in [1.807, 2.05) is 0 Å². The summed E-state index contributed by atoms with van der Waals surface area (Å²) >= 11 is 0. The number of aldehydes is 2. The predicted molar refractivity (Wildman–Crippen MR) is 66.3 cm³/mol. The van der Waals surface area contributed by atoms with Crippen molar-refractivity contribution in [2.24, 2.45) is 0 Å². The van der Waals surface area contributed by atoms with Crippen molar-refractivity contribution in [1.29, 1.82) is 0 Å². The van der Waals surface area contributed by atoms with E-state index in [2.05, 4.69) is 9.97 Å². The van der Waals surface area contributed by atoms with Gasteiger partial charge in [-0.25, -0.2) is 9.97 Å². The van der Waals surface area contributed by atoms with Crippen LogP contribution in [0.3, 0.4) is 0 Å². The molecule has 0 N–H and O–H groups in total. The summed E-state index contributed by atoms with van der Waals surface area (Å²) in [5.41, 5.74) is 0.642. The van der Waals surface area contributed by atoms with Crippen LogP contribution in [-0.2, 0) is 0 Å². The Balaban J connectivity index is 1.84. The highest BCUT2D eigenvalue weighted by atomic mass is 16.6. The summed E-state index contributed by atoms with van der Waals surface area (Å²) in [6.07, 6.45) is 4.09. The number of hydrogen-bond acceptors (Lipinski definition) is 6. The minimum Gasteiger partial charge on any atom is -0.525 e. The number of aromatic nitrogens is 2. The molecule has 0 spiro atoms. The van der Waals surface area contributed by atoms with Crippen LogP contribution in [0.5, 0.6) is 11.5 Å². The third-order valence-electron chi connectivity index (χ3n) is 2.13. The fourth-order valence-corrected chi connectivity index (χ4v) is 1.20. The average Bonchev–Trinajstić information content (AvgIpc) is 2.49. The van der Waals surface area contributed by atoms with E-state index in [9.17, 15) is 9.59 Å². The maximum Gasteiger partial charge on any atom is 0.658 e. The van der Waals surface area contributed by atoms with Crippen LogP contribution in [0.2, 0.25) is 0 Å². The number of carbonyl (C=O) groups excluding carboxylic acids is 2. The highest BCUT2D eigenvalue weighted by Crippen LogP contribution is 2.10. The molecule has 19 heavy (non-hydrogen) atoms. The molecule has 7 heteroatoms. The maximum atomic E-state index is 10.4. The third kappa shape index (κ3) is 3.63. The largest absolute Gasteiger partial charge is 0.658 e. The standard InChI is InChI=1S/C12H8BN2O4/c16-7-9-1-3-11(5-14-9)18-13-19-12-4-2-10(8-17)15-6-12/h1-8H. The Morgan fingerprint density at radius 3 is 1.63 bits per heavy atom. The van der Waals surface area contributed by atoms with Crippen molar-refractivity contribution in [3.8, 4) is 11.5 Å². The van der Waals surface area contributed by atoms with Crippen LogP contribution < -0.4 is 9.31 Å². The number of nitrogens with zero attached hydrogens (tertiary/aromatic N) is 2. The molecule has 0 saturated carbocycles. The van der Waals surface area contributed by atoms with Gasteiger partial charge in [0, 0.05) is 0 Å². The van der Waals surface area contributed by atoms with E-state index in [-0.39, 0.29) is 0 Å². The summed E-state index contributed by atoms with van der Waals surface area (Å²) < 4.78 is 10.3. The van der Waals surface area contributed by atoms with Crippen molar-refractivity contribution < 1.29 is 18.9 Å². The molecule has 0 aromatic carbocycles. The van der Waals surface area contributed by atoms with Gasteiger partial charge >= 0.3 is 7.69 Å². The SMILES string of the molecule is O=Cc1ccc(O[B]Oc2ccc(C=O)nc2)cn1. The Bertz CT molecular complexity index is 505. The van der Waals surface area contributed by atoms with Crippen LogP contribution in [0, 0.1) is 0 Å². The molecule has 93 valence electrons. The second-order valence-electron chi connectivity index (χ2n) is 3.41. The van der Waals surface area contributed by atoms with Crippen molar-refractivity contribution in [1.82, 2.24) is 9.97 Å². The molecule has 1 radical (unpaired) electrons. The fraction of sp³-hybridized carbons (Fsp3) is 0. The van der Waals surface area contributed by atoms with Gasteiger partial charge in [0.05, 0.1) is 12.4 Å². The van der Waals surface area contributed by atoms with Gasteiger partial charge in [-0.2, -0.15) is 0 Å². The first-order chi connectivity index (χ1) is 9.31. The third-order valence-corrected chi connectivity index (χ3v) is 2.13. The fourth-order valence-electron chi connectivity index (χ4n) is 1.20. The van der Waals surface area contributed by atoms with Crippen molar-refractivity contribution in [2.75, 3.05) is 0 Å². The minimum absolute atomic E-state index is 0.321. The Hall–Kier alpha value is -2.70. The molecule has 0 bridgehead atoms. The highest BCUT2D eigenvalue weighted by Gasteiger charge is 2.03. The van der Waals surface area contributed by atoms with Gasteiger partial charge in [0.2, 0.25) is 0 Å². The Kier molecular flexibility index (Phi) is 4.23. The molecule has 0 aliphatic heterocycles. The molecule has 0 saturated heterocycles. The van der Waals surface area contributed by atoms with Crippen LogP contribution in [-0.4, -0.2) is 30.2 Å². The van der Waals surface area contributed by atoms with Crippen LogP contribution in [0.25, 0.3) is 0 Å². The second kappa shape index (κ2) is 6.30. The van der Waals surface area contributed by atoms with Crippen LogP contribution >= 0.6 is 0 Å². The topological polar surface area (TPSA) is 78.4 Å². The lowest BCUT2D eigenvalue weighted by Crippen LogP contribution is -2.11. The predicted octanol–water partition coefficient (Wildman–Crippen LogP) is 1.09. The molecule has 2 aromatic heterocycles. The first kappa shape index (κ1) is 12.8. The summed E-state index contributed by atoms with van der Waals surface area (Å²) in [5, 5.41) is 0. The lowest BCUT2D eigenvalue weighted by atomic mass is 10.3. The molecule has 0 aliphatic rings. The van der Waals surface area contributed by atoms with Gasteiger partial charge in [0.25, 0.3) is 0 Å². The summed E-state index contributed by atoms with van der Waals surface area (Å²) in [5.74, 6) is 0.867. The molecule has 0 aliphatic carbocycles. The molecule has 2 rings (SSSR count). The quantitative estimate of drug-likeness (QED) is 0.568. The molecule has 0 fully saturated rings. The van der Waals surface area contributed by atoms with E-state index in [4.69, 9.17) is 9.31 Å². The van der Waals surface area contributed by atoms with E-state index >= 15 is 0 Å². The smallest absolute Gasteiger partial charge is 0.525 e. The van der Waals surface area contributed by atoms with Gasteiger partial charge in [-0.15, -0.1) is 0 Å². The molecule has 2 heterocycles. The normalized spacial score (nSPS) is 9.47. The Morgan fingerprint density at radius 2 is 1.32 bits per heavy atom. The van der Waals surface area contributed by atoms with E-state index in [0.717, 1.165) is 7.69 Å². The first-order valence-corrected chi connectivity index (χ1v) is 5.29. The van der Waals surface area contributed by atoms with Gasteiger partial charge < -0.3 is 9.31 Å². The summed E-state index contributed by atoms with van der Waals surface area (Å²) in [4.78, 5) is 28.5. The summed E-state index contributed by atoms with van der Waals surface area (Å²) in [7, 11) is 1.11. The molecule has 2 aromatic rings. The van der Waals surface area contributed by atoms with Gasteiger partial charge in [-0.1, -0.05) is 0 Å². The van der Waals surface area contributed by atoms with Crippen LogP contribution in [0.15, 0.2) is 36.7 Å². The molecular formula is C12H8BN2O4. The average molecular weight is 255 g/mol. The molecule has 0 atom stereocenters. The van der Waals surface area contributed by atoms with Crippen molar-refractivity contribution >= 4 is 20.3 Å². The van der Waals surface area contributed by atoms with Crippen molar-refractivity contribution in [2.45, 2.75) is 0 Å². The van der Waals surface area contributed by atoms with Crippen LogP contribution in [0.1, 0.15) is 21.0 Å². The monoisotopic (exact) mass is 255 g/mol. The summed E-state index contributed by atoms with van der Waals surface area (Å²) in [6.45, 7) is 0. The number of hydrogen-bond donors (Lipinski definition) is 0. The zero-order valence-corrected chi connectivity index (χ0v) is 9.72. The zero-order chi connectivity index (χ0) is 13.5. The first-order valence-electron chi connectivity index (χ1n) is 5.29. The van der Waals surface area contributed by atoms with Crippen molar-refractivity contribution in [3.63, 3.8) is 0 Å². The number of pyridine rings is 2. The lowest BCUT2D eigenvalue weighted by Gasteiger charge is -2.05. The van der Waals surface area contributed by atoms with Gasteiger partial charge in [0.1, 0.15) is 22.9 Å². The van der Waals surface area contributed by atoms with E-state index in [0.29, 0.717) is 35.5 Å². The van der Waals surface area contributed by atoms with Gasteiger partial charge in [-0.3, -0.25) is 9.59 Å². The molecule has 0 amide bonds. The second-order valence-corrected chi connectivity index (χ2v) is 3.41. The number of rotatable bonds is 6. The molecule has 0 unspecified atom stereocenters. The van der Waals surface area contributed by atoms with Crippen LogP contribution in [0.4, 0.5) is 0 Å². The Morgan fingerprint density at radius 1 is 0.842 bits per heavy atom. The maximum absolute atomic E-state index is 10.4. The number of carbonyl (C=O) groups is 2. The zero-order valence-electron chi connectivity index (χ0n) is 9.72. The highest BCUT2D eigenvalue weighted by molar-refractivity contribution is 6.20. The lowest BCUT2D eigenvalue weighted by molar-refractivity contribution is 0.111. The minimum atomic E-state index is 0.321. The van der Waals surface area contributed by atoms with Gasteiger partial charge in [-0.05, 0) is 24.3 Å². The van der Waals surface area contributed by atoms with E-state index in [1.54, 1.807) is 12.1 Å². The summed E-state index contributed by atoms with van der Waals surface area (Å²) in [6, 6.07) is 6.22.